The van der Waals surface area contributed by atoms with E-state index in [1.54, 1.807) is 0 Å². The Balaban J connectivity index is 1.87. The number of rotatable bonds is 2. The van der Waals surface area contributed by atoms with Gasteiger partial charge in [0.15, 0.2) is 0 Å². The number of amides is 1. The van der Waals surface area contributed by atoms with E-state index in [1.165, 1.54) is 0 Å². The number of carbonyl (C=O) groups is 1. The van der Waals surface area contributed by atoms with Gasteiger partial charge >= 0.3 is 0 Å². The fourth-order valence-corrected chi connectivity index (χ4v) is 2.63. The molecule has 0 aliphatic carbocycles. The fourth-order valence-electron chi connectivity index (χ4n) is 2.47. The zero-order valence-electron chi connectivity index (χ0n) is 11.3. The SMILES string of the molecule is Cc1cc2c(nc1Cl)CCN(Cc1ccccc1)C2=O. The zero-order chi connectivity index (χ0) is 14.1. The highest BCUT2D eigenvalue weighted by molar-refractivity contribution is 6.30. The van der Waals surface area contributed by atoms with E-state index in [9.17, 15) is 4.79 Å². The molecule has 1 aliphatic heterocycles. The van der Waals surface area contributed by atoms with Gasteiger partial charge in [-0.25, -0.2) is 4.98 Å². The Morgan fingerprint density at radius 3 is 2.80 bits per heavy atom. The lowest BCUT2D eigenvalue weighted by Crippen LogP contribution is -2.37. The zero-order valence-corrected chi connectivity index (χ0v) is 12.0. The molecular weight excluding hydrogens is 272 g/mol. The minimum absolute atomic E-state index is 0.0439. The van der Waals surface area contributed by atoms with Gasteiger partial charge in [-0.1, -0.05) is 41.9 Å². The van der Waals surface area contributed by atoms with Gasteiger partial charge in [0.2, 0.25) is 0 Å². The molecule has 0 unspecified atom stereocenters. The van der Waals surface area contributed by atoms with E-state index in [-0.39, 0.29) is 5.91 Å². The smallest absolute Gasteiger partial charge is 0.256 e. The van der Waals surface area contributed by atoms with Crippen LogP contribution < -0.4 is 0 Å². The number of nitrogens with zero attached hydrogens (tertiary/aromatic N) is 2. The second-order valence-electron chi connectivity index (χ2n) is 5.05. The third kappa shape index (κ3) is 2.41. The van der Waals surface area contributed by atoms with Crippen LogP contribution in [0.1, 0.15) is 27.2 Å². The highest BCUT2D eigenvalue weighted by Gasteiger charge is 2.26. The van der Waals surface area contributed by atoms with Crippen LogP contribution in [0, 0.1) is 6.92 Å². The molecule has 0 bridgehead atoms. The van der Waals surface area contributed by atoms with Gasteiger partial charge in [-0.2, -0.15) is 0 Å². The number of hydrogen-bond acceptors (Lipinski definition) is 2. The maximum atomic E-state index is 12.5. The third-order valence-electron chi connectivity index (χ3n) is 3.58. The second kappa shape index (κ2) is 5.25. The summed E-state index contributed by atoms with van der Waals surface area (Å²) in [6.07, 6.45) is 0.758. The van der Waals surface area contributed by atoms with Crippen molar-refractivity contribution in [3.63, 3.8) is 0 Å². The molecule has 0 saturated carbocycles. The van der Waals surface area contributed by atoms with Crippen LogP contribution in [0.2, 0.25) is 5.15 Å². The topological polar surface area (TPSA) is 33.2 Å². The molecule has 3 rings (SSSR count). The van der Waals surface area contributed by atoms with Crippen molar-refractivity contribution >= 4 is 17.5 Å². The molecule has 102 valence electrons. The van der Waals surface area contributed by atoms with Crippen molar-refractivity contribution in [3.05, 3.63) is 63.9 Å². The largest absolute Gasteiger partial charge is 0.334 e. The van der Waals surface area contributed by atoms with Crippen molar-refractivity contribution in [2.24, 2.45) is 0 Å². The fraction of sp³-hybridized carbons (Fsp3) is 0.250. The summed E-state index contributed by atoms with van der Waals surface area (Å²) in [7, 11) is 0. The van der Waals surface area contributed by atoms with Crippen LogP contribution in [-0.2, 0) is 13.0 Å². The van der Waals surface area contributed by atoms with Gasteiger partial charge in [0.1, 0.15) is 5.15 Å². The third-order valence-corrected chi connectivity index (χ3v) is 3.97. The Labute approximate surface area is 123 Å². The summed E-state index contributed by atoms with van der Waals surface area (Å²) in [6, 6.07) is 11.9. The monoisotopic (exact) mass is 286 g/mol. The lowest BCUT2D eigenvalue weighted by molar-refractivity contribution is 0.0725. The summed E-state index contributed by atoms with van der Waals surface area (Å²) in [5.74, 6) is 0.0439. The number of fused-ring (bicyclic) bond motifs is 1. The standard InChI is InChI=1S/C16H15ClN2O/c1-11-9-13-14(18-15(11)17)7-8-19(16(13)20)10-12-5-3-2-4-6-12/h2-6,9H,7-8,10H2,1H3. The van der Waals surface area contributed by atoms with Crippen molar-refractivity contribution in [2.45, 2.75) is 19.9 Å². The van der Waals surface area contributed by atoms with E-state index < -0.39 is 0 Å². The van der Waals surface area contributed by atoms with Gasteiger partial charge < -0.3 is 4.90 Å². The highest BCUT2D eigenvalue weighted by Crippen LogP contribution is 2.23. The predicted octanol–water partition coefficient (Wildman–Crippen LogP) is 3.24. The molecule has 2 aromatic rings. The van der Waals surface area contributed by atoms with Gasteiger partial charge in [0, 0.05) is 19.5 Å². The van der Waals surface area contributed by atoms with E-state index in [0.29, 0.717) is 23.8 Å². The summed E-state index contributed by atoms with van der Waals surface area (Å²) in [4.78, 5) is 18.7. The molecule has 1 aromatic heterocycles. The normalized spacial score (nSPS) is 14.3. The number of hydrogen-bond donors (Lipinski definition) is 0. The summed E-state index contributed by atoms with van der Waals surface area (Å²) >= 11 is 6.02. The molecule has 0 fully saturated rings. The van der Waals surface area contributed by atoms with Crippen LogP contribution in [0.3, 0.4) is 0 Å². The van der Waals surface area contributed by atoms with Crippen molar-refractivity contribution in [3.8, 4) is 0 Å². The number of aryl methyl sites for hydroxylation is 1. The first-order valence-corrected chi connectivity index (χ1v) is 7.02. The maximum Gasteiger partial charge on any atom is 0.256 e. The van der Waals surface area contributed by atoms with E-state index in [0.717, 1.165) is 23.2 Å². The molecule has 0 spiro atoms. The van der Waals surface area contributed by atoms with E-state index in [1.807, 2.05) is 48.2 Å². The predicted molar refractivity (Wildman–Crippen MR) is 78.9 cm³/mol. The summed E-state index contributed by atoms with van der Waals surface area (Å²) in [6.45, 7) is 3.20. The molecular formula is C16H15ClN2O. The van der Waals surface area contributed by atoms with Gasteiger partial charge in [0.05, 0.1) is 11.3 Å². The number of halogens is 1. The Morgan fingerprint density at radius 2 is 2.05 bits per heavy atom. The van der Waals surface area contributed by atoms with Crippen molar-refractivity contribution < 1.29 is 4.79 Å². The molecule has 0 atom stereocenters. The quantitative estimate of drug-likeness (QED) is 0.794. The number of benzene rings is 1. The van der Waals surface area contributed by atoms with Crippen LogP contribution in [-0.4, -0.2) is 22.3 Å². The van der Waals surface area contributed by atoms with E-state index in [4.69, 9.17) is 11.6 Å². The van der Waals surface area contributed by atoms with Gasteiger partial charge in [-0.3, -0.25) is 4.79 Å². The van der Waals surface area contributed by atoms with E-state index >= 15 is 0 Å². The summed E-state index contributed by atoms with van der Waals surface area (Å²) < 4.78 is 0. The summed E-state index contributed by atoms with van der Waals surface area (Å²) in [5, 5.41) is 0.494. The molecule has 0 saturated heterocycles. The second-order valence-corrected chi connectivity index (χ2v) is 5.41. The Kier molecular flexibility index (Phi) is 3.45. The van der Waals surface area contributed by atoms with Crippen molar-refractivity contribution in [2.75, 3.05) is 6.54 Å². The van der Waals surface area contributed by atoms with Gasteiger partial charge in [-0.15, -0.1) is 0 Å². The van der Waals surface area contributed by atoms with Gasteiger partial charge in [-0.05, 0) is 24.1 Å². The molecule has 1 amide bonds. The lowest BCUT2D eigenvalue weighted by atomic mass is 10.0. The molecule has 1 aliphatic rings. The first kappa shape index (κ1) is 13.1. The van der Waals surface area contributed by atoms with Crippen LogP contribution in [0.25, 0.3) is 0 Å². The van der Waals surface area contributed by atoms with Crippen LogP contribution >= 0.6 is 11.6 Å². The first-order valence-electron chi connectivity index (χ1n) is 6.64. The Morgan fingerprint density at radius 1 is 1.30 bits per heavy atom. The minimum atomic E-state index is 0.0439. The molecule has 0 N–H and O–H groups in total. The minimum Gasteiger partial charge on any atom is -0.334 e. The highest BCUT2D eigenvalue weighted by atomic mass is 35.5. The molecule has 4 heteroatoms. The summed E-state index contributed by atoms with van der Waals surface area (Å²) in [5.41, 5.74) is 3.49. The van der Waals surface area contributed by atoms with Crippen LogP contribution in [0.5, 0.6) is 0 Å². The Bertz CT molecular complexity index is 655. The lowest BCUT2D eigenvalue weighted by Gasteiger charge is -2.28. The average molecular weight is 287 g/mol. The molecule has 20 heavy (non-hydrogen) atoms. The Hall–Kier alpha value is -1.87. The maximum absolute atomic E-state index is 12.5. The average Bonchev–Trinajstić information content (AvgIpc) is 2.46. The number of aromatic nitrogens is 1. The molecule has 2 heterocycles. The van der Waals surface area contributed by atoms with Crippen molar-refractivity contribution in [1.82, 2.24) is 9.88 Å². The molecule has 3 nitrogen and oxygen atoms in total. The number of pyridine rings is 1. The van der Waals surface area contributed by atoms with E-state index in [2.05, 4.69) is 4.98 Å². The number of carbonyl (C=O) groups excluding carboxylic acids is 1. The molecule has 0 radical (unpaired) electrons. The molecule has 1 aromatic carbocycles. The van der Waals surface area contributed by atoms with Crippen LogP contribution in [0.15, 0.2) is 36.4 Å². The van der Waals surface area contributed by atoms with Gasteiger partial charge in [0.25, 0.3) is 5.91 Å². The van der Waals surface area contributed by atoms with Crippen molar-refractivity contribution in [1.29, 1.82) is 0 Å². The van der Waals surface area contributed by atoms with Crippen LogP contribution in [0.4, 0.5) is 0 Å². The first-order chi connectivity index (χ1) is 9.65.